The number of rotatable bonds is 1. The van der Waals surface area contributed by atoms with Crippen LogP contribution in [0, 0.1) is 0 Å². The lowest BCUT2D eigenvalue weighted by Gasteiger charge is -1.90. The van der Waals surface area contributed by atoms with Crippen LogP contribution >= 0.6 is 31.9 Å². The highest BCUT2D eigenvalue weighted by molar-refractivity contribution is 9.24. The molecule has 0 bridgehead atoms. The maximum atomic E-state index is 3.97. The predicted molar refractivity (Wildman–Crippen MR) is 39.2 cm³/mol. The van der Waals surface area contributed by atoms with Gasteiger partial charge in [0.05, 0.1) is 0 Å². The third kappa shape index (κ3) is 1.32. The molecule has 1 heterocycles. The van der Waals surface area contributed by atoms with E-state index in [9.17, 15) is 0 Å². The molecule has 1 rings (SSSR count). The molecule has 0 aliphatic heterocycles. The molecule has 0 aliphatic carbocycles. The summed E-state index contributed by atoms with van der Waals surface area (Å²) in [6.07, 6.45) is 3.50. The highest BCUT2D eigenvalue weighted by Gasteiger charge is 2.01. The minimum Gasteiger partial charge on any atom is -0.347 e. The van der Waals surface area contributed by atoms with Crippen molar-refractivity contribution in [2.45, 2.75) is 3.74 Å². The lowest BCUT2D eigenvalue weighted by atomic mass is 10.7. The molecule has 0 spiro atoms. The van der Waals surface area contributed by atoms with Crippen molar-refractivity contribution < 1.29 is 0 Å². The largest absolute Gasteiger partial charge is 0.347 e. The zero-order valence-electron chi connectivity index (χ0n) is 3.94. The molecule has 0 saturated carbocycles. The molecular formula is C4H4Br2N2. The SMILES string of the molecule is BrC(Br)c1ncc[nH]1. The molecule has 0 atom stereocenters. The summed E-state index contributed by atoms with van der Waals surface area (Å²) in [6.45, 7) is 0. The summed E-state index contributed by atoms with van der Waals surface area (Å²) in [5.74, 6) is 0.894. The van der Waals surface area contributed by atoms with Crippen molar-refractivity contribution in [3.8, 4) is 0 Å². The first-order valence-corrected chi connectivity index (χ1v) is 3.91. The van der Waals surface area contributed by atoms with E-state index in [0.717, 1.165) is 5.82 Å². The smallest absolute Gasteiger partial charge is 0.130 e. The average molecular weight is 240 g/mol. The molecule has 0 amide bonds. The van der Waals surface area contributed by atoms with Gasteiger partial charge in [-0.25, -0.2) is 4.98 Å². The number of alkyl halides is 2. The summed E-state index contributed by atoms with van der Waals surface area (Å²) in [5.41, 5.74) is 0. The normalized spacial score (nSPS) is 10.4. The molecule has 0 fully saturated rings. The second-order valence-corrected chi connectivity index (χ2v) is 4.34. The van der Waals surface area contributed by atoms with Gasteiger partial charge < -0.3 is 4.98 Å². The number of nitrogens with zero attached hydrogens (tertiary/aromatic N) is 1. The van der Waals surface area contributed by atoms with Gasteiger partial charge in [-0.15, -0.1) is 0 Å². The fraction of sp³-hybridized carbons (Fsp3) is 0.250. The van der Waals surface area contributed by atoms with E-state index in [0.29, 0.717) is 0 Å². The van der Waals surface area contributed by atoms with E-state index in [-0.39, 0.29) is 3.74 Å². The van der Waals surface area contributed by atoms with Gasteiger partial charge in [0.2, 0.25) is 0 Å². The first-order chi connectivity index (χ1) is 3.80. The monoisotopic (exact) mass is 238 g/mol. The van der Waals surface area contributed by atoms with Crippen LogP contribution in [0.3, 0.4) is 0 Å². The van der Waals surface area contributed by atoms with Crippen LogP contribution in [-0.2, 0) is 0 Å². The number of hydrogen-bond acceptors (Lipinski definition) is 1. The van der Waals surface area contributed by atoms with Gasteiger partial charge in [-0.1, -0.05) is 31.9 Å². The standard InChI is InChI=1S/C4H4Br2N2/c5-3(6)4-7-1-2-8-4/h1-3H,(H,7,8). The van der Waals surface area contributed by atoms with Gasteiger partial charge in [0, 0.05) is 12.4 Å². The van der Waals surface area contributed by atoms with Gasteiger partial charge in [0.1, 0.15) is 9.56 Å². The molecular weight excluding hydrogens is 236 g/mol. The van der Waals surface area contributed by atoms with Crippen molar-refractivity contribution in [2.24, 2.45) is 0 Å². The summed E-state index contributed by atoms with van der Waals surface area (Å²) in [6, 6.07) is 0. The molecule has 0 unspecified atom stereocenters. The van der Waals surface area contributed by atoms with Gasteiger partial charge in [-0.3, -0.25) is 0 Å². The van der Waals surface area contributed by atoms with Crippen LogP contribution in [0.4, 0.5) is 0 Å². The lowest BCUT2D eigenvalue weighted by Crippen LogP contribution is -1.80. The van der Waals surface area contributed by atoms with E-state index in [2.05, 4.69) is 41.8 Å². The fourth-order valence-electron chi connectivity index (χ4n) is 0.397. The van der Waals surface area contributed by atoms with Gasteiger partial charge in [0.25, 0.3) is 0 Å². The second kappa shape index (κ2) is 2.64. The third-order valence-corrected chi connectivity index (χ3v) is 1.59. The van der Waals surface area contributed by atoms with Crippen molar-refractivity contribution in [1.29, 1.82) is 0 Å². The number of nitrogens with one attached hydrogen (secondary N) is 1. The highest BCUT2D eigenvalue weighted by Crippen LogP contribution is 2.24. The molecule has 1 N–H and O–H groups in total. The van der Waals surface area contributed by atoms with Crippen molar-refractivity contribution >= 4 is 31.9 Å². The molecule has 0 radical (unpaired) electrons. The summed E-state index contributed by atoms with van der Waals surface area (Å²) >= 11 is 6.57. The Balaban J connectivity index is 2.77. The summed E-state index contributed by atoms with van der Waals surface area (Å²) in [5, 5.41) is 0. The van der Waals surface area contributed by atoms with Gasteiger partial charge >= 0.3 is 0 Å². The van der Waals surface area contributed by atoms with E-state index in [1.165, 1.54) is 0 Å². The highest BCUT2D eigenvalue weighted by atomic mass is 79.9. The number of imidazole rings is 1. The van der Waals surface area contributed by atoms with Crippen LogP contribution in [-0.4, -0.2) is 9.97 Å². The molecule has 1 aromatic rings. The number of hydrogen-bond donors (Lipinski definition) is 1. The molecule has 2 nitrogen and oxygen atoms in total. The summed E-state index contributed by atoms with van der Waals surface area (Å²) in [7, 11) is 0. The average Bonchev–Trinajstić information content (AvgIpc) is 2.12. The topological polar surface area (TPSA) is 28.7 Å². The molecule has 44 valence electrons. The zero-order chi connectivity index (χ0) is 5.98. The molecule has 0 aliphatic rings. The van der Waals surface area contributed by atoms with Crippen LogP contribution in [0.15, 0.2) is 12.4 Å². The number of H-pyrrole nitrogens is 1. The molecule has 0 aromatic carbocycles. The van der Waals surface area contributed by atoms with E-state index in [1.807, 2.05) is 0 Å². The Morgan fingerprint density at radius 3 is 2.62 bits per heavy atom. The maximum Gasteiger partial charge on any atom is 0.130 e. The van der Waals surface area contributed by atoms with E-state index in [4.69, 9.17) is 0 Å². The molecule has 4 heteroatoms. The van der Waals surface area contributed by atoms with Crippen LogP contribution in [0.5, 0.6) is 0 Å². The Morgan fingerprint density at radius 1 is 1.62 bits per heavy atom. The van der Waals surface area contributed by atoms with Crippen molar-refractivity contribution in [3.05, 3.63) is 18.2 Å². The third-order valence-electron chi connectivity index (χ3n) is 0.726. The van der Waals surface area contributed by atoms with Crippen LogP contribution in [0.25, 0.3) is 0 Å². The minimum absolute atomic E-state index is 0.144. The summed E-state index contributed by atoms with van der Waals surface area (Å²) in [4.78, 5) is 6.90. The van der Waals surface area contributed by atoms with Gasteiger partial charge in [-0.2, -0.15) is 0 Å². The van der Waals surface area contributed by atoms with E-state index in [1.54, 1.807) is 12.4 Å². The van der Waals surface area contributed by atoms with Crippen LogP contribution in [0.2, 0.25) is 0 Å². The molecule has 8 heavy (non-hydrogen) atoms. The molecule has 1 aromatic heterocycles. The van der Waals surface area contributed by atoms with Crippen molar-refractivity contribution in [2.75, 3.05) is 0 Å². The van der Waals surface area contributed by atoms with E-state index >= 15 is 0 Å². The Bertz CT molecular complexity index is 147. The summed E-state index contributed by atoms with van der Waals surface area (Å²) < 4.78 is 0.144. The molecule has 0 saturated heterocycles. The first-order valence-electron chi connectivity index (χ1n) is 2.08. The van der Waals surface area contributed by atoms with Crippen LogP contribution in [0.1, 0.15) is 9.56 Å². The fourth-order valence-corrected chi connectivity index (χ4v) is 0.898. The first kappa shape index (κ1) is 6.29. The quantitative estimate of drug-likeness (QED) is 0.748. The number of aromatic amines is 1. The Labute approximate surface area is 64.0 Å². The number of halogens is 2. The van der Waals surface area contributed by atoms with Crippen molar-refractivity contribution in [3.63, 3.8) is 0 Å². The predicted octanol–water partition coefficient (Wildman–Crippen LogP) is 2.20. The van der Waals surface area contributed by atoms with Gasteiger partial charge in [-0.05, 0) is 0 Å². The number of aromatic nitrogens is 2. The Kier molecular flexibility index (Phi) is 2.08. The Hall–Kier alpha value is 0.170. The van der Waals surface area contributed by atoms with Crippen LogP contribution < -0.4 is 0 Å². The maximum absolute atomic E-state index is 3.97. The zero-order valence-corrected chi connectivity index (χ0v) is 7.11. The lowest BCUT2D eigenvalue weighted by molar-refractivity contribution is 1.13. The Morgan fingerprint density at radius 2 is 2.38 bits per heavy atom. The minimum atomic E-state index is 0.144. The second-order valence-electron chi connectivity index (χ2n) is 1.28. The van der Waals surface area contributed by atoms with Crippen molar-refractivity contribution in [1.82, 2.24) is 9.97 Å². The van der Waals surface area contributed by atoms with E-state index < -0.39 is 0 Å². The van der Waals surface area contributed by atoms with Gasteiger partial charge in [0.15, 0.2) is 0 Å².